The lowest BCUT2D eigenvalue weighted by Crippen LogP contribution is -2.12. The van der Waals surface area contributed by atoms with E-state index in [2.05, 4.69) is 0 Å². The summed E-state index contributed by atoms with van der Waals surface area (Å²) in [4.78, 5) is 0. The lowest BCUT2D eigenvalue weighted by molar-refractivity contribution is 0.332. The van der Waals surface area contributed by atoms with Gasteiger partial charge in [0.1, 0.15) is 11.5 Å². The molecule has 1 radical (unpaired) electrons. The first-order chi connectivity index (χ1) is 11.2. The second-order valence-electron chi connectivity index (χ2n) is 4.32. The lowest BCUT2D eigenvalue weighted by Gasteiger charge is -2.15. The van der Waals surface area contributed by atoms with E-state index in [1.807, 2.05) is 0 Å². The molecular formula is C16H18BO6. The number of methoxy groups -OCH3 is 4. The summed E-state index contributed by atoms with van der Waals surface area (Å²) in [5, 5.41) is 0. The van der Waals surface area contributed by atoms with Crippen LogP contribution in [0.1, 0.15) is 0 Å². The van der Waals surface area contributed by atoms with Crippen molar-refractivity contribution in [2.75, 3.05) is 28.4 Å². The standard InChI is InChI=1S/C16H18BO6/c1-18-11-7-5-9-13(15(11)20-3)22-17-23-14-10-6-8-12(19-2)16(14)21-4/h5-10H,1-4H3. The molecule has 0 heterocycles. The van der Waals surface area contributed by atoms with Gasteiger partial charge in [0, 0.05) is 0 Å². The number of ether oxygens (including phenoxy) is 4. The Morgan fingerprint density at radius 3 is 1.30 bits per heavy atom. The van der Waals surface area contributed by atoms with Crippen LogP contribution in [-0.4, -0.2) is 36.1 Å². The van der Waals surface area contributed by atoms with Crippen molar-refractivity contribution in [3.05, 3.63) is 36.4 Å². The summed E-state index contributed by atoms with van der Waals surface area (Å²) in [6, 6.07) is 10.6. The zero-order valence-corrected chi connectivity index (χ0v) is 13.5. The molecule has 0 aliphatic rings. The van der Waals surface area contributed by atoms with Gasteiger partial charge in [-0.3, -0.25) is 0 Å². The molecule has 121 valence electrons. The third-order valence-corrected chi connectivity index (χ3v) is 3.08. The maximum Gasteiger partial charge on any atom is 0.658 e. The molecule has 0 spiro atoms. The van der Waals surface area contributed by atoms with Crippen LogP contribution in [-0.2, 0) is 0 Å². The van der Waals surface area contributed by atoms with Crippen LogP contribution in [0.2, 0.25) is 0 Å². The van der Waals surface area contributed by atoms with E-state index < -0.39 is 0 Å². The fourth-order valence-electron chi connectivity index (χ4n) is 2.03. The summed E-state index contributed by atoms with van der Waals surface area (Å²) < 4.78 is 32.0. The fraction of sp³-hybridized carbons (Fsp3) is 0.250. The molecule has 0 amide bonds. The van der Waals surface area contributed by atoms with Crippen LogP contribution in [0.5, 0.6) is 34.5 Å². The largest absolute Gasteiger partial charge is 0.658 e. The molecule has 2 aromatic carbocycles. The van der Waals surface area contributed by atoms with E-state index in [-0.39, 0.29) is 0 Å². The van der Waals surface area contributed by atoms with Crippen molar-refractivity contribution in [2.45, 2.75) is 0 Å². The van der Waals surface area contributed by atoms with Crippen LogP contribution < -0.4 is 28.3 Å². The first-order valence-corrected chi connectivity index (χ1v) is 6.82. The van der Waals surface area contributed by atoms with Gasteiger partial charge in [0.25, 0.3) is 0 Å². The number of rotatable bonds is 8. The van der Waals surface area contributed by atoms with Crippen LogP contribution in [0.15, 0.2) is 36.4 Å². The van der Waals surface area contributed by atoms with Crippen LogP contribution in [0.4, 0.5) is 0 Å². The minimum Gasteiger partial charge on any atom is -0.524 e. The third-order valence-electron chi connectivity index (χ3n) is 3.08. The molecule has 0 aromatic heterocycles. The third kappa shape index (κ3) is 3.74. The van der Waals surface area contributed by atoms with Crippen molar-refractivity contribution >= 4 is 7.69 Å². The molecule has 23 heavy (non-hydrogen) atoms. The molecule has 6 nitrogen and oxygen atoms in total. The minimum absolute atomic E-state index is 0.466. The van der Waals surface area contributed by atoms with Gasteiger partial charge < -0.3 is 28.3 Å². The first-order valence-electron chi connectivity index (χ1n) is 6.82. The maximum absolute atomic E-state index is 5.50. The second kappa shape index (κ2) is 8.07. The summed E-state index contributed by atoms with van der Waals surface area (Å²) in [7, 11) is 7.38. The van der Waals surface area contributed by atoms with E-state index in [1.54, 1.807) is 50.6 Å². The van der Waals surface area contributed by atoms with E-state index in [4.69, 9.17) is 28.3 Å². The van der Waals surface area contributed by atoms with Crippen molar-refractivity contribution in [1.29, 1.82) is 0 Å². The second-order valence-corrected chi connectivity index (χ2v) is 4.32. The topological polar surface area (TPSA) is 55.4 Å². The van der Waals surface area contributed by atoms with Gasteiger partial charge in [-0.25, -0.2) is 0 Å². The molecule has 0 bridgehead atoms. The Labute approximate surface area is 136 Å². The summed E-state index contributed by atoms with van der Waals surface area (Å²) in [6.45, 7) is 0. The highest BCUT2D eigenvalue weighted by Crippen LogP contribution is 2.38. The molecule has 2 aromatic rings. The normalized spacial score (nSPS) is 9.74. The van der Waals surface area contributed by atoms with Crippen LogP contribution >= 0.6 is 0 Å². The molecule has 0 atom stereocenters. The molecular weight excluding hydrogens is 299 g/mol. The van der Waals surface area contributed by atoms with Crippen LogP contribution in [0, 0.1) is 0 Å². The van der Waals surface area contributed by atoms with Crippen molar-refractivity contribution in [3.8, 4) is 34.5 Å². The van der Waals surface area contributed by atoms with Gasteiger partial charge in [0.2, 0.25) is 11.5 Å². The predicted octanol–water partition coefficient (Wildman–Crippen LogP) is 2.71. The van der Waals surface area contributed by atoms with Gasteiger partial charge in [0.15, 0.2) is 11.5 Å². The Bertz CT molecular complexity index is 591. The molecule has 0 unspecified atom stereocenters. The lowest BCUT2D eigenvalue weighted by atomic mass is 10.2. The molecule has 0 N–H and O–H groups in total. The average Bonchev–Trinajstić information content (AvgIpc) is 2.60. The van der Waals surface area contributed by atoms with Gasteiger partial charge in [-0.1, -0.05) is 12.1 Å². The summed E-state index contributed by atoms with van der Waals surface area (Å²) in [5.74, 6) is 3.03. The van der Waals surface area contributed by atoms with Crippen molar-refractivity contribution in [2.24, 2.45) is 0 Å². The summed E-state index contributed by atoms with van der Waals surface area (Å²) in [5.41, 5.74) is 0. The van der Waals surface area contributed by atoms with Crippen molar-refractivity contribution in [3.63, 3.8) is 0 Å². The molecule has 0 aliphatic heterocycles. The van der Waals surface area contributed by atoms with E-state index in [9.17, 15) is 0 Å². The molecule has 0 saturated carbocycles. The molecule has 2 rings (SSSR count). The van der Waals surface area contributed by atoms with Crippen molar-refractivity contribution in [1.82, 2.24) is 0 Å². The smallest absolute Gasteiger partial charge is 0.524 e. The Morgan fingerprint density at radius 1 is 0.565 bits per heavy atom. The van der Waals surface area contributed by atoms with Crippen molar-refractivity contribution < 1.29 is 28.3 Å². The predicted molar refractivity (Wildman–Crippen MR) is 86.1 cm³/mol. The van der Waals surface area contributed by atoms with Gasteiger partial charge in [-0.15, -0.1) is 0 Å². The number of benzene rings is 2. The zero-order chi connectivity index (χ0) is 16.7. The van der Waals surface area contributed by atoms with Crippen LogP contribution in [0.3, 0.4) is 0 Å². The van der Waals surface area contributed by atoms with Gasteiger partial charge in [-0.2, -0.15) is 0 Å². The first kappa shape index (κ1) is 16.7. The van der Waals surface area contributed by atoms with Gasteiger partial charge >= 0.3 is 7.69 Å². The molecule has 0 fully saturated rings. The number of para-hydroxylation sites is 2. The van der Waals surface area contributed by atoms with E-state index >= 15 is 0 Å². The quantitative estimate of drug-likeness (QED) is 0.698. The fourth-order valence-corrected chi connectivity index (χ4v) is 2.03. The summed E-state index contributed by atoms with van der Waals surface area (Å²) in [6.07, 6.45) is 0. The van der Waals surface area contributed by atoms with Crippen LogP contribution in [0.25, 0.3) is 0 Å². The Balaban J connectivity index is 2.09. The Kier molecular flexibility index (Phi) is 5.85. The zero-order valence-electron chi connectivity index (χ0n) is 13.5. The minimum atomic E-state index is 0.466. The van der Waals surface area contributed by atoms with Gasteiger partial charge in [-0.05, 0) is 24.3 Å². The monoisotopic (exact) mass is 317 g/mol. The molecule has 0 aliphatic carbocycles. The Morgan fingerprint density at radius 2 is 0.957 bits per heavy atom. The highest BCUT2D eigenvalue weighted by Gasteiger charge is 2.15. The number of hydrogen-bond acceptors (Lipinski definition) is 6. The SMILES string of the molecule is COc1cccc(O[B]Oc2cccc(OC)c2OC)c1OC. The van der Waals surface area contributed by atoms with E-state index in [1.165, 1.54) is 21.9 Å². The van der Waals surface area contributed by atoms with Gasteiger partial charge in [0.05, 0.1) is 28.4 Å². The summed E-state index contributed by atoms with van der Waals surface area (Å²) >= 11 is 0. The van der Waals surface area contributed by atoms with E-state index in [0.29, 0.717) is 34.5 Å². The highest BCUT2D eigenvalue weighted by molar-refractivity contribution is 6.21. The highest BCUT2D eigenvalue weighted by atomic mass is 16.6. The molecule has 7 heteroatoms. The molecule has 0 saturated heterocycles. The Hall–Kier alpha value is -2.70. The maximum atomic E-state index is 5.50. The van der Waals surface area contributed by atoms with E-state index in [0.717, 1.165) is 0 Å². The average molecular weight is 317 g/mol. The number of hydrogen-bond donors (Lipinski definition) is 0.